The van der Waals surface area contributed by atoms with Crippen LogP contribution in [0.15, 0.2) is 53.6 Å². The van der Waals surface area contributed by atoms with E-state index in [4.69, 9.17) is 9.47 Å². The summed E-state index contributed by atoms with van der Waals surface area (Å²) >= 11 is 0. The van der Waals surface area contributed by atoms with Crippen molar-refractivity contribution < 1.29 is 9.47 Å². The minimum Gasteiger partial charge on any atom is -0.493 e. The van der Waals surface area contributed by atoms with Gasteiger partial charge in [-0.05, 0) is 42.3 Å². The average Bonchev–Trinajstić information content (AvgIpc) is 2.54. The smallest absolute Gasteiger partial charge is 0.161 e. The molecular weight excluding hydrogens is 264 g/mol. The molecule has 1 N–H and O–H groups in total. The van der Waals surface area contributed by atoms with E-state index in [1.54, 1.807) is 13.3 Å². The molecule has 4 heteroatoms. The predicted octanol–water partition coefficient (Wildman–Crippen LogP) is 3.93. The Bertz CT molecular complexity index is 583. The number of methoxy groups -OCH3 is 1. The highest BCUT2D eigenvalue weighted by molar-refractivity contribution is 5.81. The van der Waals surface area contributed by atoms with Crippen molar-refractivity contribution in [3.05, 3.63) is 54.1 Å². The van der Waals surface area contributed by atoms with Gasteiger partial charge in [0.2, 0.25) is 0 Å². The van der Waals surface area contributed by atoms with E-state index in [0.29, 0.717) is 6.61 Å². The lowest BCUT2D eigenvalue weighted by Gasteiger charge is -2.10. The average molecular weight is 284 g/mol. The maximum atomic E-state index is 5.68. The number of para-hydroxylation sites is 1. The van der Waals surface area contributed by atoms with Crippen molar-refractivity contribution >= 4 is 11.9 Å². The van der Waals surface area contributed by atoms with Crippen LogP contribution in [0.1, 0.15) is 18.9 Å². The fraction of sp³-hybridized carbons (Fsp3) is 0.235. The first kappa shape index (κ1) is 14.9. The van der Waals surface area contributed by atoms with Gasteiger partial charge in [0.15, 0.2) is 11.5 Å². The molecule has 0 spiro atoms. The maximum absolute atomic E-state index is 5.68. The summed E-state index contributed by atoms with van der Waals surface area (Å²) in [7, 11) is 1.64. The van der Waals surface area contributed by atoms with Crippen LogP contribution in [0.2, 0.25) is 0 Å². The van der Waals surface area contributed by atoms with Crippen molar-refractivity contribution in [2.75, 3.05) is 19.1 Å². The minimum atomic E-state index is 0.666. The third-order valence-electron chi connectivity index (χ3n) is 2.83. The number of hydrogen-bond acceptors (Lipinski definition) is 4. The Balaban J connectivity index is 2.05. The van der Waals surface area contributed by atoms with Gasteiger partial charge in [-0.2, -0.15) is 5.10 Å². The highest BCUT2D eigenvalue weighted by Gasteiger charge is 2.04. The second kappa shape index (κ2) is 7.94. The number of benzene rings is 2. The van der Waals surface area contributed by atoms with E-state index in [-0.39, 0.29) is 0 Å². The molecule has 2 aromatic carbocycles. The summed E-state index contributed by atoms with van der Waals surface area (Å²) in [6.07, 6.45) is 2.71. The van der Waals surface area contributed by atoms with Gasteiger partial charge in [-0.1, -0.05) is 25.1 Å². The van der Waals surface area contributed by atoms with Gasteiger partial charge in [0.25, 0.3) is 0 Å². The molecule has 0 atom stereocenters. The fourth-order valence-electron chi connectivity index (χ4n) is 1.79. The van der Waals surface area contributed by atoms with Crippen LogP contribution in [0, 0.1) is 0 Å². The van der Waals surface area contributed by atoms with Crippen LogP contribution in [-0.2, 0) is 0 Å². The maximum Gasteiger partial charge on any atom is 0.161 e. The monoisotopic (exact) mass is 284 g/mol. The van der Waals surface area contributed by atoms with E-state index in [0.717, 1.165) is 29.2 Å². The summed E-state index contributed by atoms with van der Waals surface area (Å²) < 4.78 is 11.0. The Labute approximate surface area is 125 Å². The molecule has 0 fully saturated rings. The summed E-state index contributed by atoms with van der Waals surface area (Å²) in [5, 5.41) is 4.22. The third kappa shape index (κ3) is 4.53. The topological polar surface area (TPSA) is 42.8 Å². The zero-order valence-electron chi connectivity index (χ0n) is 12.4. The molecule has 0 unspecified atom stereocenters. The van der Waals surface area contributed by atoms with Crippen LogP contribution < -0.4 is 14.9 Å². The van der Waals surface area contributed by atoms with Crippen molar-refractivity contribution in [3.8, 4) is 11.5 Å². The number of hydrazone groups is 1. The van der Waals surface area contributed by atoms with Gasteiger partial charge in [-0.15, -0.1) is 0 Å². The lowest BCUT2D eigenvalue weighted by molar-refractivity contribution is 0.294. The van der Waals surface area contributed by atoms with Crippen LogP contribution in [0.4, 0.5) is 5.69 Å². The van der Waals surface area contributed by atoms with E-state index in [1.807, 2.05) is 48.5 Å². The SMILES string of the molecule is CCCOc1cc(C=NNc2ccccc2)ccc1OC. The zero-order chi connectivity index (χ0) is 14.9. The summed E-state index contributed by atoms with van der Waals surface area (Å²) in [5.74, 6) is 1.47. The molecule has 0 aliphatic rings. The molecule has 0 saturated heterocycles. The number of rotatable bonds is 7. The fourth-order valence-corrected chi connectivity index (χ4v) is 1.79. The largest absolute Gasteiger partial charge is 0.493 e. The van der Waals surface area contributed by atoms with Crippen molar-refractivity contribution in [1.29, 1.82) is 0 Å². The summed E-state index contributed by atoms with van der Waals surface area (Å²) in [4.78, 5) is 0. The number of nitrogens with one attached hydrogen (secondary N) is 1. The molecule has 4 nitrogen and oxygen atoms in total. The van der Waals surface area contributed by atoms with Crippen LogP contribution in [0.5, 0.6) is 11.5 Å². The minimum absolute atomic E-state index is 0.666. The molecule has 0 radical (unpaired) electrons. The standard InChI is InChI=1S/C17H20N2O2/c1-3-11-21-17-12-14(9-10-16(17)20-2)13-18-19-15-7-5-4-6-8-15/h4-10,12-13,19H,3,11H2,1-2H3. The molecule has 0 aliphatic heterocycles. The first-order valence-corrected chi connectivity index (χ1v) is 6.98. The summed E-state index contributed by atoms with van der Waals surface area (Å²) in [6.45, 7) is 2.74. The molecule has 2 aromatic rings. The van der Waals surface area contributed by atoms with E-state index >= 15 is 0 Å². The number of nitrogens with zero attached hydrogens (tertiary/aromatic N) is 1. The Kier molecular flexibility index (Phi) is 5.64. The lowest BCUT2D eigenvalue weighted by Crippen LogP contribution is -1.99. The molecule has 110 valence electrons. The Hall–Kier alpha value is -2.49. The Morgan fingerprint density at radius 3 is 2.62 bits per heavy atom. The van der Waals surface area contributed by atoms with Crippen molar-refractivity contribution in [1.82, 2.24) is 0 Å². The molecule has 2 rings (SSSR count). The number of hydrogen-bond donors (Lipinski definition) is 1. The van der Waals surface area contributed by atoms with Crippen molar-refractivity contribution in [2.24, 2.45) is 5.10 Å². The van der Waals surface area contributed by atoms with Gasteiger partial charge in [-0.3, -0.25) is 5.43 Å². The van der Waals surface area contributed by atoms with Gasteiger partial charge < -0.3 is 9.47 Å². The quantitative estimate of drug-likeness (QED) is 0.619. The Morgan fingerprint density at radius 1 is 1.10 bits per heavy atom. The molecule has 0 heterocycles. The molecular formula is C17H20N2O2. The van der Waals surface area contributed by atoms with Crippen molar-refractivity contribution in [2.45, 2.75) is 13.3 Å². The van der Waals surface area contributed by atoms with E-state index < -0.39 is 0 Å². The predicted molar refractivity (Wildman–Crippen MR) is 86.4 cm³/mol. The molecule has 0 amide bonds. The van der Waals surface area contributed by atoms with Gasteiger partial charge in [0, 0.05) is 0 Å². The first-order valence-electron chi connectivity index (χ1n) is 6.98. The van der Waals surface area contributed by atoms with E-state index in [2.05, 4.69) is 17.5 Å². The lowest BCUT2D eigenvalue weighted by atomic mass is 10.2. The number of anilines is 1. The van der Waals surface area contributed by atoms with E-state index in [1.165, 1.54) is 0 Å². The van der Waals surface area contributed by atoms with Crippen LogP contribution in [-0.4, -0.2) is 19.9 Å². The second-order valence-corrected chi connectivity index (χ2v) is 4.49. The van der Waals surface area contributed by atoms with Crippen LogP contribution in [0.3, 0.4) is 0 Å². The normalized spacial score (nSPS) is 10.6. The van der Waals surface area contributed by atoms with Gasteiger partial charge >= 0.3 is 0 Å². The third-order valence-corrected chi connectivity index (χ3v) is 2.83. The molecule has 0 aliphatic carbocycles. The molecule has 21 heavy (non-hydrogen) atoms. The van der Waals surface area contributed by atoms with E-state index in [9.17, 15) is 0 Å². The van der Waals surface area contributed by atoms with Gasteiger partial charge in [-0.25, -0.2) is 0 Å². The summed E-state index contributed by atoms with van der Waals surface area (Å²) in [6, 6.07) is 15.6. The summed E-state index contributed by atoms with van der Waals surface area (Å²) in [5.41, 5.74) is 4.88. The zero-order valence-corrected chi connectivity index (χ0v) is 12.4. The molecule has 0 saturated carbocycles. The molecule has 0 aromatic heterocycles. The molecule has 0 bridgehead atoms. The van der Waals surface area contributed by atoms with Gasteiger partial charge in [0.05, 0.1) is 25.6 Å². The first-order chi connectivity index (χ1) is 10.3. The highest BCUT2D eigenvalue weighted by atomic mass is 16.5. The van der Waals surface area contributed by atoms with Crippen LogP contribution in [0.25, 0.3) is 0 Å². The van der Waals surface area contributed by atoms with Crippen molar-refractivity contribution in [3.63, 3.8) is 0 Å². The highest BCUT2D eigenvalue weighted by Crippen LogP contribution is 2.27. The Morgan fingerprint density at radius 2 is 1.90 bits per heavy atom. The van der Waals surface area contributed by atoms with Gasteiger partial charge in [0.1, 0.15) is 0 Å². The second-order valence-electron chi connectivity index (χ2n) is 4.49. The number of ether oxygens (including phenoxy) is 2. The van der Waals surface area contributed by atoms with Crippen LogP contribution >= 0.6 is 0 Å².